The van der Waals surface area contributed by atoms with Crippen molar-refractivity contribution in [2.75, 3.05) is 18.0 Å². The third-order valence-corrected chi connectivity index (χ3v) is 4.40. The first-order chi connectivity index (χ1) is 11.1. The van der Waals surface area contributed by atoms with E-state index in [-0.39, 0.29) is 11.1 Å². The van der Waals surface area contributed by atoms with Gasteiger partial charge in [-0.3, -0.25) is 0 Å². The molecule has 4 rings (SSSR count). The van der Waals surface area contributed by atoms with Gasteiger partial charge in [0.25, 0.3) is 0 Å². The van der Waals surface area contributed by atoms with Gasteiger partial charge in [-0.2, -0.15) is 0 Å². The number of rotatable bonds is 2. The van der Waals surface area contributed by atoms with Crippen molar-refractivity contribution in [2.45, 2.75) is 25.3 Å². The zero-order valence-corrected chi connectivity index (χ0v) is 12.9. The predicted octanol–water partition coefficient (Wildman–Crippen LogP) is 3.44. The summed E-state index contributed by atoms with van der Waals surface area (Å²) in [6.07, 6.45) is -0.776. The fourth-order valence-electron chi connectivity index (χ4n) is 3.13. The van der Waals surface area contributed by atoms with E-state index in [2.05, 4.69) is 9.97 Å². The number of fused-ring (bicyclic) bond motifs is 1. The highest BCUT2D eigenvalue weighted by Gasteiger charge is 2.34. The fraction of sp³-hybridized carbons (Fsp3) is 0.375. The van der Waals surface area contributed by atoms with Crippen LogP contribution >= 0.6 is 11.6 Å². The first-order valence-corrected chi connectivity index (χ1v) is 7.82. The number of nitrogens with zero attached hydrogens (tertiary/aromatic N) is 3. The van der Waals surface area contributed by atoms with Crippen molar-refractivity contribution in [1.29, 1.82) is 0 Å². The molecular formula is C16H14ClF2N3O. The van der Waals surface area contributed by atoms with Crippen LogP contribution < -0.4 is 4.90 Å². The average Bonchev–Trinajstić information content (AvgIpc) is 3.14. The van der Waals surface area contributed by atoms with Crippen LogP contribution in [-0.4, -0.2) is 29.2 Å². The number of hydrogen-bond acceptors (Lipinski definition) is 4. The quantitative estimate of drug-likeness (QED) is 0.787. The van der Waals surface area contributed by atoms with E-state index in [1.54, 1.807) is 12.1 Å². The van der Waals surface area contributed by atoms with Gasteiger partial charge in [-0.25, -0.2) is 18.7 Å². The molecule has 2 aliphatic heterocycles. The summed E-state index contributed by atoms with van der Waals surface area (Å²) in [6.45, 7) is 1.24. The summed E-state index contributed by atoms with van der Waals surface area (Å²) in [6, 6.07) is 6.10. The van der Waals surface area contributed by atoms with Crippen molar-refractivity contribution in [1.82, 2.24) is 9.97 Å². The summed E-state index contributed by atoms with van der Waals surface area (Å²) in [7, 11) is 0. The summed E-state index contributed by atoms with van der Waals surface area (Å²) in [4.78, 5) is 10.5. The Morgan fingerprint density at radius 2 is 2.00 bits per heavy atom. The van der Waals surface area contributed by atoms with Crippen molar-refractivity contribution in [3.8, 4) is 0 Å². The molecule has 120 valence electrons. The second kappa shape index (κ2) is 5.69. The highest BCUT2D eigenvalue weighted by molar-refractivity contribution is 6.28. The molecule has 23 heavy (non-hydrogen) atoms. The number of hydrogen-bond donors (Lipinski definition) is 0. The van der Waals surface area contributed by atoms with Crippen LogP contribution in [0.1, 0.15) is 29.3 Å². The summed E-state index contributed by atoms with van der Waals surface area (Å²) in [5.41, 5.74) is 2.31. The molecule has 0 N–H and O–H groups in total. The van der Waals surface area contributed by atoms with Gasteiger partial charge >= 0.3 is 0 Å². The first kappa shape index (κ1) is 14.8. The maximum atomic E-state index is 13.5. The van der Waals surface area contributed by atoms with Gasteiger partial charge in [-0.15, -0.1) is 0 Å². The monoisotopic (exact) mass is 337 g/mol. The third kappa shape index (κ3) is 2.66. The third-order valence-electron chi connectivity index (χ3n) is 4.24. The maximum absolute atomic E-state index is 13.5. The van der Waals surface area contributed by atoms with Crippen molar-refractivity contribution in [3.05, 3.63) is 52.2 Å². The minimum atomic E-state index is -0.852. The summed E-state index contributed by atoms with van der Waals surface area (Å²) < 4.78 is 32.4. The van der Waals surface area contributed by atoms with Crippen molar-refractivity contribution < 1.29 is 13.5 Å². The molecule has 3 heterocycles. The van der Waals surface area contributed by atoms with Crippen molar-refractivity contribution in [2.24, 2.45) is 0 Å². The number of anilines is 1. The molecule has 0 aliphatic carbocycles. The van der Waals surface area contributed by atoms with E-state index >= 15 is 0 Å². The van der Waals surface area contributed by atoms with Gasteiger partial charge in [-0.05, 0) is 35.7 Å². The van der Waals surface area contributed by atoms with Gasteiger partial charge in [0.1, 0.15) is 23.9 Å². The largest absolute Gasteiger partial charge is 0.362 e. The van der Waals surface area contributed by atoms with E-state index in [1.807, 2.05) is 4.90 Å². The van der Waals surface area contributed by atoms with Gasteiger partial charge in [0.2, 0.25) is 5.28 Å². The molecule has 1 fully saturated rings. The van der Waals surface area contributed by atoms with Crippen LogP contribution in [0.3, 0.4) is 0 Å². The Balaban J connectivity index is 1.74. The molecule has 1 aromatic carbocycles. The lowest BCUT2D eigenvalue weighted by Gasteiger charge is -2.19. The molecule has 0 bridgehead atoms. The summed E-state index contributed by atoms with van der Waals surface area (Å²) in [5, 5.41) is 0.110. The Morgan fingerprint density at radius 1 is 1.22 bits per heavy atom. The Morgan fingerprint density at radius 3 is 2.70 bits per heavy atom. The highest BCUT2D eigenvalue weighted by atomic mass is 35.5. The number of alkyl halides is 1. The van der Waals surface area contributed by atoms with Crippen LogP contribution in [0.15, 0.2) is 24.3 Å². The molecule has 1 saturated heterocycles. The van der Waals surface area contributed by atoms with E-state index < -0.39 is 12.3 Å². The molecule has 2 unspecified atom stereocenters. The fourth-order valence-corrected chi connectivity index (χ4v) is 3.30. The molecule has 2 atom stereocenters. The summed E-state index contributed by atoms with van der Waals surface area (Å²) in [5.74, 6) is 0.337. The maximum Gasteiger partial charge on any atom is 0.224 e. The molecule has 0 radical (unpaired) electrons. The molecule has 2 aromatic rings. The SMILES string of the molecule is Fc1ccc(C2OCc3c2nc(Cl)nc3N2CCC(F)C2)cc1. The van der Waals surface area contributed by atoms with Crippen molar-refractivity contribution in [3.63, 3.8) is 0 Å². The minimum absolute atomic E-state index is 0.110. The number of benzene rings is 1. The van der Waals surface area contributed by atoms with Crippen LogP contribution in [0.4, 0.5) is 14.6 Å². The number of ether oxygens (including phenoxy) is 1. The summed E-state index contributed by atoms with van der Waals surface area (Å²) >= 11 is 6.06. The van der Waals surface area contributed by atoms with Crippen LogP contribution in [0.2, 0.25) is 5.28 Å². The zero-order valence-electron chi connectivity index (χ0n) is 12.2. The Labute approximate surface area is 137 Å². The molecule has 0 saturated carbocycles. The molecule has 0 spiro atoms. The topological polar surface area (TPSA) is 38.3 Å². The van der Waals surface area contributed by atoms with Crippen LogP contribution in [0.5, 0.6) is 0 Å². The molecule has 7 heteroatoms. The van der Waals surface area contributed by atoms with Gasteiger partial charge in [-0.1, -0.05) is 12.1 Å². The lowest BCUT2D eigenvalue weighted by atomic mass is 10.0. The lowest BCUT2D eigenvalue weighted by molar-refractivity contribution is 0.0923. The normalized spacial score (nSPS) is 23.3. The standard InChI is InChI=1S/C16H14ClF2N3O/c17-16-20-13-12(15(21-16)22-6-5-11(19)7-22)8-23-14(13)9-1-3-10(18)4-2-9/h1-4,11,14H,5-8H2. The Kier molecular flexibility index (Phi) is 3.66. The average molecular weight is 338 g/mol. The first-order valence-electron chi connectivity index (χ1n) is 7.44. The second-order valence-electron chi connectivity index (χ2n) is 5.75. The van der Waals surface area contributed by atoms with Crippen LogP contribution in [0.25, 0.3) is 0 Å². The van der Waals surface area contributed by atoms with Gasteiger partial charge in [0.05, 0.1) is 18.8 Å². The van der Waals surface area contributed by atoms with E-state index in [0.29, 0.717) is 37.6 Å². The van der Waals surface area contributed by atoms with Crippen molar-refractivity contribution >= 4 is 17.4 Å². The second-order valence-corrected chi connectivity index (χ2v) is 6.09. The van der Waals surface area contributed by atoms with E-state index in [0.717, 1.165) is 11.1 Å². The van der Waals surface area contributed by atoms with Gasteiger partial charge < -0.3 is 9.64 Å². The number of aromatic nitrogens is 2. The van der Waals surface area contributed by atoms with E-state index in [4.69, 9.17) is 16.3 Å². The Bertz CT molecular complexity index is 741. The van der Waals surface area contributed by atoms with E-state index in [9.17, 15) is 8.78 Å². The van der Waals surface area contributed by atoms with Gasteiger partial charge in [0, 0.05) is 12.1 Å². The van der Waals surface area contributed by atoms with Gasteiger partial charge in [0.15, 0.2) is 0 Å². The molecule has 0 amide bonds. The van der Waals surface area contributed by atoms with Crippen LogP contribution in [-0.2, 0) is 11.3 Å². The number of halogens is 3. The van der Waals surface area contributed by atoms with E-state index in [1.165, 1.54) is 12.1 Å². The smallest absolute Gasteiger partial charge is 0.224 e. The molecule has 2 aliphatic rings. The molecular weight excluding hydrogens is 324 g/mol. The Hall–Kier alpha value is -1.79. The molecule has 1 aromatic heterocycles. The highest BCUT2D eigenvalue weighted by Crippen LogP contribution is 2.39. The van der Waals surface area contributed by atoms with Crippen LogP contribution in [0, 0.1) is 5.82 Å². The zero-order chi connectivity index (χ0) is 16.0. The predicted molar refractivity (Wildman–Crippen MR) is 81.8 cm³/mol. The molecule has 4 nitrogen and oxygen atoms in total. The lowest BCUT2D eigenvalue weighted by Crippen LogP contribution is -2.23. The minimum Gasteiger partial charge on any atom is -0.362 e.